The van der Waals surface area contributed by atoms with Gasteiger partial charge in [-0.2, -0.15) is 0 Å². The topological polar surface area (TPSA) is 68.3 Å². The number of aryl methyl sites for hydroxylation is 1. The summed E-state index contributed by atoms with van der Waals surface area (Å²) >= 11 is 0. The largest absolute Gasteiger partial charge is 0.459 e. The monoisotopic (exact) mass is 282 g/mol. The maximum atomic E-state index is 12.1. The molecule has 0 saturated carbocycles. The van der Waals surface area contributed by atoms with Crippen LogP contribution in [-0.4, -0.2) is 12.5 Å². The summed E-state index contributed by atoms with van der Waals surface area (Å²) in [7, 11) is 0. The molecule has 3 N–H and O–H groups in total. The van der Waals surface area contributed by atoms with Crippen LogP contribution in [0.15, 0.2) is 41.0 Å². The van der Waals surface area contributed by atoms with Gasteiger partial charge in [0.05, 0.1) is 18.8 Å². The van der Waals surface area contributed by atoms with E-state index >= 15 is 0 Å². The third-order valence-electron chi connectivity index (χ3n) is 3.16. The van der Waals surface area contributed by atoms with E-state index in [0.717, 1.165) is 16.7 Å². The summed E-state index contributed by atoms with van der Waals surface area (Å²) in [5, 5.41) is 2.91. The number of hydrogen-bond acceptors (Lipinski definition) is 3. The first-order valence-electron chi connectivity index (χ1n) is 6.75. The van der Waals surface area contributed by atoms with Crippen molar-refractivity contribution in [3.63, 3.8) is 0 Å². The van der Waals surface area contributed by atoms with Gasteiger partial charge in [-0.25, -0.2) is 0 Å². The number of carbonyl (C=O) groups excluding carboxylic acids is 1. The first-order valence-corrected chi connectivity index (χ1v) is 6.75. The van der Waals surface area contributed by atoms with Crippen LogP contribution < -0.4 is 11.1 Å². The van der Waals surface area contributed by atoms with E-state index in [-0.39, 0.29) is 11.9 Å². The molecule has 2 rings (SSSR count). The van der Waals surface area contributed by atoms with Crippen LogP contribution in [-0.2, 0) is 0 Å². The van der Waals surface area contributed by atoms with Gasteiger partial charge in [0.2, 0.25) is 0 Å². The molecule has 0 spiro atoms. The fourth-order valence-electron chi connectivity index (χ4n) is 1.96. The van der Waals surface area contributed by atoms with Gasteiger partial charge in [-0.3, -0.25) is 4.79 Å². The van der Waals surface area contributed by atoms with Gasteiger partial charge in [-0.05, 0) is 37.6 Å². The normalized spacial score (nSPS) is 11.4. The number of nitrogens with one attached hydrogen (secondary N) is 1. The highest BCUT2D eigenvalue weighted by Crippen LogP contribution is 2.15. The number of rotatable bonds is 3. The molecule has 0 bridgehead atoms. The lowest BCUT2D eigenvalue weighted by molar-refractivity contribution is 0.0911. The van der Waals surface area contributed by atoms with Crippen molar-refractivity contribution in [3.8, 4) is 11.8 Å². The molecule has 2 aromatic rings. The Morgan fingerprint density at radius 1 is 1.33 bits per heavy atom. The maximum absolute atomic E-state index is 12.1. The minimum absolute atomic E-state index is 0.112. The summed E-state index contributed by atoms with van der Waals surface area (Å²) in [6, 6.07) is 9.38. The molecule has 0 aliphatic rings. The van der Waals surface area contributed by atoms with Crippen molar-refractivity contribution in [2.75, 3.05) is 6.54 Å². The molecule has 1 atom stereocenters. The number of carbonyl (C=O) groups is 1. The van der Waals surface area contributed by atoms with E-state index < -0.39 is 0 Å². The highest BCUT2D eigenvalue weighted by molar-refractivity contribution is 5.93. The van der Waals surface area contributed by atoms with Gasteiger partial charge >= 0.3 is 0 Å². The van der Waals surface area contributed by atoms with Crippen molar-refractivity contribution in [2.24, 2.45) is 5.73 Å². The molecule has 0 fully saturated rings. The number of hydrogen-bond donors (Lipinski definition) is 2. The van der Waals surface area contributed by atoms with Crippen LogP contribution in [0.3, 0.4) is 0 Å². The molecule has 0 radical (unpaired) electrons. The van der Waals surface area contributed by atoms with Crippen LogP contribution in [0.5, 0.6) is 0 Å². The van der Waals surface area contributed by atoms with Crippen molar-refractivity contribution in [3.05, 3.63) is 59.0 Å². The number of benzene rings is 1. The Kier molecular flexibility index (Phi) is 4.81. The van der Waals surface area contributed by atoms with E-state index in [1.165, 1.54) is 6.26 Å². The second-order valence-electron chi connectivity index (χ2n) is 4.76. The van der Waals surface area contributed by atoms with Crippen LogP contribution in [0, 0.1) is 18.8 Å². The second kappa shape index (κ2) is 6.78. The zero-order valence-electron chi connectivity index (χ0n) is 12.1. The van der Waals surface area contributed by atoms with E-state index in [4.69, 9.17) is 10.2 Å². The van der Waals surface area contributed by atoms with E-state index in [1.807, 2.05) is 38.1 Å². The summed E-state index contributed by atoms with van der Waals surface area (Å²) in [5.41, 5.74) is 8.08. The molecule has 1 amide bonds. The molecule has 0 aliphatic heterocycles. The molecule has 1 unspecified atom stereocenters. The first-order chi connectivity index (χ1) is 10.1. The summed E-state index contributed by atoms with van der Waals surface area (Å²) in [4.78, 5) is 12.1. The molecule has 0 aliphatic carbocycles. The molecule has 108 valence electrons. The third-order valence-corrected chi connectivity index (χ3v) is 3.16. The van der Waals surface area contributed by atoms with Crippen molar-refractivity contribution >= 4 is 5.91 Å². The maximum Gasteiger partial charge on any atom is 0.287 e. The van der Waals surface area contributed by atoms with Gasteiger partial charge in [0.1, 0.15) is 0 Å². The molecule has 0 saturated heterocycles. The van der Waals surface area contributed by atoms with Crippen molar-refractivity contribution in [1.29, 1.82) is 0 Å². The summed E-state index contributed by atoms with van der Waals surface area (Å²) in [6.45, 7) is 4.11. The summed E-state index contributed by atoms with van der Waals surface area (Å²) < 4.78 is 5.18. The highest BCUT2D eigenvalue weighted by Gasteiger charge is 2.15. The highest BCUT2D eigenvalue weighted by atomic mass is 16.3. The SMILES string of the molecule is Cc1ccoc1C(=O)NC(C)c1ccc(C#CCN)cc1. The molecule has 4 nitrogen and oxygen atoms in total. The fourth-order valence-corrected chi connectivity index (χ4v) is 1.96. The molecular weight excluding hydrogens is 264 g/mol. The van der Waals surface area contributed by atoms with E-state index in [1.54, 1.807) is 6.07 Å². The Morgan fingerprint density at radius 3 is 2.62 bits per heavy atom. The van der Waals surface area contributed by atoms with Gasteiger partial charge in [0, 0.05) is 11.1 Å². The molecule has 4 heteroatoms. The molecule has 1 aromatic heterocycles. The predicted octanol–water partition coefficient (Wildman–Crippen LogP) is 2.39. The number of amides is 1. The quantitative estimate of drug-likeness (QED) is 0.849. The van der Waals surface area contributed by atoms with Gasteiger partial charge < -0.3 is 15.5 Å². The zero-order valence-corrected chi connectivity index (χ0v) is 12.1. The molecule has 1 aromatic carbocycles. The zero-order chi connectivity index (χ0) is 15.2. The van der Waals surface area contributed by atoms with E-state index in [9.17, 15) is 4.79 Å². The smallest absolute Gasteiger partial charge is 0.287 e. The molecular formula is C17H18N2O2. The van der Waals surface area contributed by atoms with Gasteiger partial charge in [-0.15, -0.1) is 0 Å². The fraction of sp³-hybridized carbons (Fsp3) is 0.235. The lowest BCUT2D eigenvalue weighted by atomic mass is 10.1. The summed E-state index contributed by atoms with van der Waals surface area (Å²) in [6.07, 6.45) is 1.51. The predicted molar refractivity (Wildman–Crippen MR) is 81.7 cm³/mol. The first kappa shape index (κ1) is 14.9. The van der Waals surface area contributed by atoms with Crippen LogP contribution in [0.4, 0.5) is 0 Å². The number of furan rings is 1. The Labute approximate surface area is 124 Å². The minimum Gasteiger partial charge on any atom is -0.459 e. The number of nitrogens with two attached hydrogens (primary N) is 1. The van der Waals surface area contributed by atoms with Crippen LogP contribution in [0.2, 0.25) is 0 Å². The van der Waals surface area contributed by atoms with E-state index in [0.29, 0.717) is 12.3 Å². The van der Waals surface area contributed by atoms with E-state index in [2.05, 4.69) is 17.2 Å². The Morgan fingerprint density at radius 2 is 2.05 bits per heavy atom. The van der Waals surface area contributed by atoms with Crippen LogP contribution >= 0.6 is 0 Å². The van der Waals surface area contributed by atoms with Crippen LogP contribution in [0.25, 0.3) is 0 Å². The van der Waals surface area contributed by atoms with Crippen molar-refractivity contribution < 1.29 is 9.21 Å². The molecule has 21 heavy (non-hydrogen) atoms. The molecule has 1 heterocycles. The van der Waals surface area contributed by atoms with Gasteiger partial charge in [0.25, 0.3) is 5.91 Å². The average molecular weight is 282 g/mol. The lowest BCUT2D eigenvalue weighted by Gasteiger charge is -2.13. The second-order valence-corrected chi connectivity index (χ2v) is 4.76. The standard InChI is InChI=1S/C17H18N2O2/c1-12-9-11-21-16(12)17(20)19-13(2)15-7-5-14(6-8-15)4-3-10-18/h5-9,11,13H,10,18H2,1-2H3,(H,19,20). The van der Waals surface area contributed by atoms with Crippen LogP contribution in [0.1, 0.15) is 40.2 Å². The van der Waals surface area contributed by atoms with Crippen molar-refractivity contribution in [2.45, 2.75) is 19.9 Å². The van der Waals surface area contributed by atoms with Gasteiger partial charge in [-0.1, -0.05) is 24.0 Å². The van der Waals surface area contributed by atoms with Gasteiger partial charge in [0.15, 0.2) is 5.76 Å². The van der Waals surface area contributed by atoms with Crippen molar-refractivity contribution in [1.82, 2.24) is 5.32 Å². The third kappa shape index (κ3) is 3.74. The Hall–Kier alpha value is -2.51. The Bertz CT molecular complexity index is 675. The summed E-state index contributed by atoms with van der Waals surface area (Å²) in [5.74, 6) is 5.91. The lowest BCUT2D eigenvalue weighted by Crippen LogP contribution is -2.26. The minimum atomic E-state index is -0.211. The Balaban J connectivity index is 2.05. The average Bonchev–Trinajstić information content (AvgIpc) is 2.91.